The number of hydrogen-bond acceptors (Lipinski definition) is 2. The van der Waals surface area contributed by atoms with E-state index in [1.165, 1.54) is 0 Å². The standard InChI is InChI=1S/C12H18ClNO/c1-4-9(2)14(3)8-10-11(13)6-5-7-12(10)15/h5-7,9,15H,4,8H2,1-3H3. The van der Waals surface area contributed by atoms with Crippen LogP contribution in [0.25, 0.3) is 0 Å². The third kappa shape index (κ3) is 3.11. The Morgan fingerprint density at radius 2 is 2.13 bits per heavy atom. The van der Waals surface area contributed by atoms with Gasteiger partial charge in [0.25, 0.3) is 0 Å². The average molecular weight is 228 g/mol. The Morgan fingerprint density at radius 1 is 1.47 bits per heavy atom. The summed E-state index contributed by atoms with van der Waals surface area (Å²) in [5.74, 6) is 0.276. The quantitative estimate of drug-likeness (QED) is 0.854. The molecule has 0 amide bonds. The molecule has 84 valence electrons. The van der Waals surface area contributed by atoms with Gasteiger partial charge in [-0.25, -0.2) is 0 Å². The third-order valence-corrected chi connectivity index (χ3v) is 3.20. The second kappa shape index (κ2) is 5.38. The molecule has 1 aromatic rings. The van der Waals surface area contributed by atoms with Crippen molar-refractivity contribution >= 4 is 11.6 Å². The van der Waals surface area contributed by atoms with Crippen LogP contribution in [0.4, 0.5) is 0 Å². The second-order valence-electron chi connectivity index (χ2n) is 3.91. The number of hydrogen-bond donors (Lipinski definition) is 1. The Hall–Kier alpha value is -0.730. The number of benzene rings is 1. The molecular weight excluding hydrogens is 210 g/mol. The Balaban J connectivity index is 2.80. The lowest BCUT2D eigenvalue weighted by Crippen LogP contribution is -2.27. The lowest BCUT2D eigenvalue weighted by atomic mass is 10.1. The smallest absolute Gasteiger partial charge is 0.121 e. The van der Waals surface area contributed by atoms with Gasteiger partial charge in [-0.05, 0) is 32.5 Å². The summed E-state index contributed by atoms with van der Waals surface area (Å²) in [6.45, 7) is 4.99. The van der Waals surface area contributed by atoms with E-state index in [0.29, 0.717) is 17.6 Å². The van der Waals surface area contributed by atoms with Crippen LogP contribution >= 0.6 is 11.6 Å². The van der Waals surface area contributed by atoms with Gasteiger partial charge in [0.15, 0.2) is 0 Å². The van der Waals surface area contributed by atoms with Gasteiger partial charge in [0, 0.05) is 23.2 Å². The fourth-order valence-corrected chi connectivity index (χ4v) is 1.65. The lowest BCUT2D eigenvalue weighted by molar-refractivity contribution is 0.241. The predicted molar refractivity (Wildman–Crippen MR) is 64.3 cm³/mol. The first kappa shape index (κ1) is 12.3. The van der Waals surface area contributed by atoms with E-state index in [4.69, 9.17) is 11.6 Å². The fourth-order valence-electron chi connectivity index (χ4n) is 1.42. The molecule has 0 spiro atoms. The Labute approximate surface area is 96.5 Å². The van der Waals surface area contributed by atoms with Gasteiger partial charge in [-0.1, -0.05) is 24.6 Å². The lowest BCUT2D eigenvalue weighted by Gasteiger charge is -2.24. The van der Waals surface area contributed by atoms with E-state index in [-0.39, 0.29) is 5.75 Å². The van der Waals surface area contributed by atoms with E-state index in [1.54, 1.807) is 18.2 Å². The average Bonchev–Trinajstić information content (AvgIpc) is 2.22. The van der Waals surface area contributed by atoms with Crippen LogP contribution in [0.5, 0.6) is 5.75 Å². The Bertz CT molecular complexity index is 307. The molecule has 3 heteroatoms. The van der Waals surface area contributed by atoms with E-state index in [0.717, 1.165) is 12.0 Å². The number of rotatable bonds is 4. The highest BCUT2D eigenvalue weighted by atomic mass is 35.5. The summed E-state index contributed by atoms with van der Waals surface area (Å²) in [7, 11) is 2.04. The summed E-state index contributed by atoms with van der Waals surface area (Å²) < 4.78 is 0. The second-order valence-corrected chi connectivity index (χ2v) is 4.32. The normalized spacial score (nSPS) is 13.1. The topological polar surface area (TPSA) is 23.5 Å². The van der Waals surface area contributed by atoms with E-state index in [2.05, 4.69) is 18.7 Å². The van der Waals surface area contributed by atoms with Crippen LogP contribution in [0.2, 0.25) is 5.02 Å². The molecule has 0 aliphatic carbocycles. The first-order chi connectivity index (χ1) is 7.06. The van der Waals surface area contributed by atoms with E-state index >= 15 is 0 Å². The molecule has 0 aliphatic heterocycles. The van der Waals surface area contributed by atoms with Gasteiger partial charge in [-0.15, -0.1) is 0 Å². The van der Waals surface area contributed by atoms with Crippen molar-refractivity contribution in [2.45, 2.75) is 32.9 Å². The molecule has 0 radical (unpaired) electrons. The maximum Gasteiger partial charge on any atom is 0.121 e. The summed E-state index contributed by atoms with van der Waals surface area (Å²) in [5, 5.41) is 10.3. The summed E-state index contributed by atoms with van der Waals surface area (Å²) in [6, 6.07) is 5.72. The predicted octanol–water partition coefficient (Wildman–Crippen LogP) is 3.28. The van der Waals surface area contributed by atoms with Gasteiger partial charge in [0.1, 0.15) is 5.75 Å². The molecule has 1 rings (SSSR count). The van der Waals surface area contributed by atoms with Crippen molar-refractivity contribution in [3.05, 3.63) is 28.8 Å². The van der Waals surface area contributed by atoms with Gasteiger partial charge >= 0.3 is 0 Å². The molecule has 0 aromatic heterocycles. The molecule has 0 saturated carbocycles. The zero-order chi connectivity index (χ0) is 11.4. The Kier molecular flexibility index (Phi) is 4.43. The van der Waals surface area contributed by atoms with E-state index < -0.39 is 0 Å². The molecule has 1 N–H and O–H groups in total. The molecule has 1 unspecified atom stereocenters. The highest BCUT2D eigenvalue weighted by Crippen LogP contribution is 2.26. The van der Waals surface area contributed by atoms with Crippen molar-refractivity contribution in [2.24, 2.45) is 0 Å². The van der Waals surface area contributed by atoms with Crippen LogP contribution in [0.15, 0.2) is 18.2 Å². The van der Waals surface area contributed by atoms with E-state index in [9.17, 15) is 5.11 Å². The van der Waals surface area contributed by atoms with Crippen molar-refractivity contribution in [3.8, 4) is 5.75 Å². The van der Waals surface area contributed by atoms with Gasteiger partial charge in [0.2, 0.25) is 0 Å². The minimum Gasteiger partial charge on any atom is -0.508 e. The summed E-state index contributed by atoms with van der Waals surface area (Å²) in [6.07, 6.45) is 1.09. The molecule has 0 heterocycles. The molecule has 15 heavy (non-hydrogen) atoms. The van der Waals surface area contributed by atoms with Crippen molar-refractivity contribution < 1.29 is 5.11 Å². The monoisotopic (exact) mass is 227 g/mol. The van der Waals surface area contributed by atoms with Crippen molar-refractivity contribution in [2.75, 3.05) is 7.05 Å². The minimum absolute atomic E-state index is 0.276. The summed E-state index contributed by atoms with van der Waals surface area (Å²) in [5.41, 5.74) is 0.807. The highest BCUT2D eigenvalue weighted by molar-refractivity contribution is 6.31. The molecule has 0 saturated heterocycles. The van der Waals surface area contributed by atoms with Crippen LogP contribution in [0, 0.1) is 0 Å². The zero-order valence-electron chi connectivity index (χ0n) is 9.50. The number of phenols is 1. The SMILES string of the molecule is CCC(C)N(C)Cc1c(O)cccc1Cl. The zero-order valence-corrected chi connectivity index (χ0v) is 10.3. The minimum atomic E-state index is 0.276. The largest absolute Gasteiger partial charge is 0.508 e. The molecule has 0 bridgehead atoms. The van der Waals surface area contributed by atoms with Crippen LogP contribution in [0.1, 0.15) is 25.8 Å². The highest BCUT2D eigenvalue weighted by Gasteiger charge is 2.12. The summed E-state index contributed by atoms with van der Waals surface area (Å²) >= 11 is 6.03. The molecule has 0 fully saturated rings. The molecule has 0 aliphatic rings. The number of aromatic hydroxyl groups is 1. The Morgan fingerprint density at radius 3 is 2.67 bits per heavy atom. The van der Waals surface area contributed by atoms with Crippen LogP contribution < -0.4 is 0 Å². The first-order valence-electron chi connectivity index (χ1n) is 5.22. The van der Waals surface area contributed by atoms with Gasteiger partial charge in [-0.2, -0.15) is 0 Å². The number of nitrogens with zero attached hydrogens (tertiary/aromatic N) is 1. The molecular formula is C12H18ClNO. The third-order valence-electron chi connectivity index (χ3n) is 2.84. The molecule has 2 nitrogen and oxygen atoms in total. The van der Waals surface area contributed by atoms with Gasteiger partial charge in [0.05, 0.1) is 0 Å². The molecule has 1 atom stereocenters. The maximum atomic E-state index is 9.68. The van der Waals surface area contributed by atoms with Gasteiger partial charge in [-0.3, -0.25) is 4.90 Å². The van der Waals surface area contributed by atoms with E-state index in [1.807, 2.05) is 7.05 Å². The fraction of sp³-hybridized carbons (Fsp3) is 0.500. The van der Waals surface area contributed by atoms with Crippen molar-refractivity contribution in [1.82, 2.24) is 4.90 Å². The number of halogens is 1. The van der Waals surface area contributed by atoms with Gasteiger partial charge < -0.3 is 5.11 Å². The molecule has 1 aromatic carbocycles. The van der Waals surface area contributed by atoms with Crippen molar-refractivity contribution in [1.29, 1.82) is 0 Å². The van der Waals surface area contributed by atoms with Crippen molar-refractivity contribution in [3.63, 3.8) is 0 Å². The summed E-state index contributed by atoms with van der Waals surface area (Å²) in [4.78, 5) is 2.18. The van der Waals surface area contributed by atoms with Crippen LogP contribution in [0.3, 0.4) is 0 Å². The number of phenolic OH excluding ortho intramolecular Hbond substituents is 1. The first-order valence-corrected chi connectivity index (χ1v) is 5.60. The maximum absolute atomic E-state index is 9.68. The van der Waals surface area contributed by atoms with Crippen LogP contribution in [-0.4, -0.2) is 23.1 Å². The van der Waals surface area contributed by atoms with Crippen LogP contribution in [-0.2, 0) is 6.54 Å².